The fourth-order valence-corrected chi connectivity index (χ4v) is 3.19. The third-order valence-electron chi connectivity index (χ3n) is 4.82. The molecule has 152 valence electrons. The molecule has 4 aromatic rings. The number of carboxylic acid groups (broad SMARTS) is 1. The van der Waals surface area contributed by atoms with Crippen LogP contribution >= 0.6 is 0 Å². The molecule has 0 bridgehead atoms. The van der Waals surface area contributed by atoms with Crippen molar-refractivity contribution in [3.63, 3.8) is 0 Å². The average molecular weight is 408 g/mol. The second kappa shape index (κ2) is 8.56. The van der Waals surface area contributed by atoms with Gasteiger partial charge in [-0.3, -0.25) is 0 Å². The molecule has 0 aliphatic heterocycles. The van der Waals surface area contributed by atoms with Gasteiger partial charge in [0.1, 0.15) is 24.3 Å². The molecule has 1 aromatic heterocycles. The number of hydrogen-bond donors (Lipinski definition) is 1. The quantitative estimate of drug-likeness (QED) is 0.488. The summed E-state index contributed by atoms with van der Waals surface area (Å²) in [6.07, 6.45) is 1.74. The van der Waals surface area contributed by atoms with Crippen molar-refractivity contribution in [3.8, 4) is 11.8 Å². The Kier molecular flexibility index (Phi) is 5.50. The number of aromatic amines is 1. The van der Waals surface area contributed by atoms with Gasteiger partial charge >= 0.3 is 0 Å². The molecule has 0 fully saturated rings. The zero-order valence-corrected chi connectivity index (χ0v) is 16.8. The van der Waals surface area contributed by atoms with Crippen LogP contribution in [0.15, 0.2) is 66.7 Å². The Labute approximate surface area is 179 Å². The summed E-state index contributed by atoms with van der Waals surface area (Å²) in [6.45, 7) is 2.25. The van der Waals surface area contributed by atoms with Crippen LogP contribution < -0.4 is 9.84 Å². The normalized spacial score (nSPS) is 11.3. The number of aromatic carboxylic acids is 1. The first kappa shape index (κ1) is 19.9. The van der Waals surface area contributed by atoms with Crippen LogP contribution in [0.1, 0.15) is 32.9 Å². The van der Waals surface area contributed by atoms with Crippen LogP contribution in [0.2, 0.25) is 0 Å². The number of benzene rings is 3. The second-order valence-corrected chi connectivity index (χ2v) is 7.09. The molecular formula is C25H18N3O3-. The van der Waals surface area contributed by atoms with Gasteiger partial charge in [-0.2, -0.15) is 5.26 Å². The monoisotopic (exact) mass is 408 g/mol. The maximum absolute atomic E-state index is 10.9. The summed E-state index contributed by atoms with van der Waals surface area (Å²) in [4.78, 5) is 18.6. The minimum absolute atomic E-state index is 0.117. The topological polar surface area (TPSA) is 102 Å². The predicted molar refractivity (Wildman–Crippen MR) is 116 cm³/mol. The van der Waals surface area contributed by atoms with Crippen molar-refractivity contribution in [1.29, 1.82) is 5.26 Å². The standard InChI is InChI=1S/C25H19N3O3/c1-16-6-11-21-22(12-16)28-24(27-21)20(14-26)13-19-4-2-3-5-23(19)31-15-17-7-9-18(10-8-17)25(29)30/h2-13H,15H2,1H3,(H,27,28)(H,29,30)/p-1/b20-13-. The predicted octanol–water partition coefficient (Wildman–Crippen LogP) is 3.88. The molecule has 0 atom stereocenters. The van der Waals surface area contributed by atoms with Crippen molar-refractivity contribution in [2.75, 3.05) is 0 Å². The number of aromatic nitrogens is 2. The Balaban J connectivity index is 1.59. The minimum atomic E-state index is -1.22. The van der Waals surface area contributed by atoms with Crippen molar-refractivity contribution in [2.45, 2.75) is 13.5 Å². The van der Waals surface area contributed by atoms with Gasteiger partial charge in [0, 0.05) is 5.56 Å². The molecule has 1 N–H and O–H groups in total. The van der Waals surface area contributed by atoms with Crippen LogP contribution in [0.25, 0.3) is 22.7 Å². The lowest BCUT2D eigenvalue weighted by atomic mass is 10.1. The van der Waals surface area contributed by atoms with Crippen molar-refractivity contribution < 1.29 is 14.6 Å². The van der Waals surface area contributed by atoms with Gasteiger partial charge < -0.3 is 19.6 Å². The molecule has 0 aliphatic carbocycles. The Bertz CT molecular complexity index is 1330. The Morgan fingerprint density at radius 1 is 1.16 bits per heavy atom. The maximum Gasteiger partial charge on any atom is 0.149 e. The molecular weight excluding hydrogens is 390 g/mol. The molecule has 6 nitrogen and oxygen atoms in total. The molecule has 0 unspecified atom stereocenters. The fraction of sp³-hybridized carbons (Fsp3) is 0.0800. The lowest BCUT2D eigenvalue weighted by Gasteiger charge is -2.10. The van der Waals surface area contributed by atoms with Crippen LogP contribution in [0.5, 0.6) is 5.75 Å². The number of nitrogens with zero attached hydrogens (tertiary/aromatic N) is 2. The summed E-state index contributed by atoms with van der Waals surface area (Å²) in [5.74, 6) is -0.116. The van der Waals surface area contributed by atoms with Crippen LogP contribution in [0.3, 0.4) is 0 Å². The number of carboxylic acids is 1. The highest BCUT2D eigenvalue weighted by molar-refractivity contribution is 5.91. The summed E-state index contributed by atoms with van der Waals surface area (Å²) in [5.41, 5.74) is 4.84. The van der Waals surface area contributed by atoms with Crippen LogP contribution in [-0.4, -0.2) is 15.9 Å². The third-order valence-corrected chi connectivity index (χ3v) is 4.82. The molecule has 0 saturated carbocycles. The van der Waals surface area contributed by atoms with Gasteiger partial charge in [0.05, 0.1) is 22.6 Å². The first-order valence-electron chi connectivity index (χ1n) is 9.64. The van der Waals surface area contributed by atoms with E-state index in [0.717, 1.165) is 27.7 Å². The molecule has 0 spiro atoms. The number of nitrogens with one attached hydrogen (secondary N) is 1. The van der Waals surface area contributed by atoms with Gasteiger partial charge in [-0.25, -0.2) is 4.98 Å². The van der Waals surface area contributed by atoms with E-state index in [4.69, 9.17) is 4.74 Å². The van der Waals surface area contributed by atoms with E-state index in [1.54, 1.807) is 18.2 Å². The molecule has 0 saturated heterocycles. The van der Waals surface area contributed by atoms with Gasteiger partial charge in [0.15, 0.2) is 0 Å². The van der Waals surface area contributed by atoms with E-state index in [9.17, 15) is 15.2 Å². The second-order valence-electron chi connectivity index (χ2n) is 7.09. The first-order valence-corrected chi connectivity index (χ1v) is 9.64. The average Bonchev–Trinajstić information content (AvgIpc) is 3.19. The van der Waals surface area contributed by atoms with Crippen molar-refractivity contribution in [1.82, 2.24) is 9.97 Å². The lowest BCUT2D eigenvalue weighted by molar-refractivity contribution is -0.255. The summed E-state index contributed by atoms with van der Waals surface area (Å²) >= 11 is 0. The van der Waals surface area contributed by atoms with Crippen LogP contribution in [0.4, 0.5) is 0 Å². The van der Waals surface area contributed by atoms with Crippen LogP contribution in [0, 0.1) is 18.3 Å². The van der Waals surface area contributed by atoms with E-state index in [1.807, 2.05) is 49.4 Å². The van der Waals surface area contributed by atoms with Crippen molar-refractivity contribution in [2.24, 2.45) is 0 Å². The van der Waals surface area contributed by atoms with E-state index in [0.29, 0.717) is 17.1 Å². The Hall–Kier alpha value is -4.37. The maximum atomic E-state index is 10.9. The number of ether oxygens (including phenoxy) is 1. The lowest BCUT2D eigenvalue weighted by Crippen LogP contribution is -2.22. The number of rotatable bonds is 6. The van der Waals surface area contributed by atoms with Gasteiger partial charge in [-0.05, 0) is 47.9 Å². The number of allylic oxidation sites excluding steroid dienone is 1. The third kappa shape index (κ3) is 4.46. The Morgan fingerprint density at radius 2 is 1.94 bits per heavy atom. The number of imidazole rings is 1. The summed E-state index contributed by atoms with van der Waals surface area (Å²) in [5, 5.41) is 20.6. The summed E-state index contributed by atoms with van der Waals surface area (Å²) in [7, 11) is 0. The fourth-order valence-electron chi connectivity index (χ4n) is 3.19. The first-order chi connectivity index (χ1) is 15.0. The molecule has 0 amide bonds. The van der Waals surface area contributed by atoms with E-state index in [1.165, 1.54) is 12.1 Å². The van der Waals surface area contributed by atoms with Gasteiger partial charge in [-0.1, -0.05) is 48.5 Å². The summed E-state index contributed by atoms with van der Waals surface area (Å²) < 4.78 is 5.93. The highest BCUT2D eigenvalue weighted by Crippen LogP contribution is 2.26. The zero-order valence-electron chi connectivity index (χ0n) is 16.8. The molecule has 6 heteroatoms. The molecule has 3 aromatic carbocycles. The Morgan fingerprint density at radius 3 is 2.68 bits per heavy atom. The summed E-state index contributed by atoms with van der Waals surface area (Å²) in [6, 6.07) is 21.8. The number of fused-ring (bicyclic) bond motifs is 1. The van der Waals surface area contributed by atoms with Gasteiger partial charge in [0.2, 0.25) is 0 Å². The SMILES string of the molecule is Cc1ccc2nc(/C(C#N)=C\c3ccccc3OCc3ccc(C(=O)[O-])cc3)[nH]c2c1. The van der Waals surface area contributed by atoms with E-state index in [-0.39, 0.29) is 12.2 Å². The van der Waals surface area contributed by atoms with Gasteiger partial charge in [0.25, 0.3) is 0 Å². The highest BCUT2D eigenvalue weighted by atomic mass is 16.5. The van der Waals surface area contributed by atoms with E-state index < -0.39 is 5.97 Å². The van der Waals surface area contributed by atoms with Crippen LogP contribution in [-0.2, 0) is 6.61 Å². The minimum Gasteiger partial charge on any atom is -0.545 e. The largest absolute Gasteiger partial charge is 0.545 e. The highest BCUT2D eigenvalue weighted by Gasteiger charge is 2.10. The number of nitriles is 1. The number of carbonyl (C=O) groups is 1. The smallest absolute Gasteiger partial charge is 0.149 e. The molecule has 4 rings (SSSR count). The van der Waals surface area contributed by atoms with E-state index in [2.05, 4.69) is 16.0 Å². The molecule has 31 heavy (non-hydrogen) atoms. The number of carbonyl (C=O) groups excluding carboxylic acids is 1. The zero-order chi connectivity index (χ0) is 21.8. The van der Waals surface area contributed by atoms with E-state index >= 15 is 0 Å². The molecule has 1 heterocycles. The molecule has 0 aliphatic rings. The molecule has 0 radical (unpaired) electrons. The van der Waals surface area contributed by atoms with Crippen molar-refractivity contribution in [3.05, 3.63) is 94.8 Å². The number of aryl methyl sites for hydroxylation is 1. The number of H-pyrrole nitrogens is 1. The van der Waals surface area contributed by atoms with Crippen molar-refractivity contribution >= 4 is 28.7 Å². The van der Waals surface area contributed by atoms with Gasteiger partial charge in [-0.15, -0.1) is 0 Å². The number of para-hydroxylation sites is 1. The number of hydrogen-bond acceptors (Lipinski definition) is 5.